The van der Waals surface area contributed by atoms with Crippen LogP contribution in [0.2, 0.25) is 10.0 Å². The van der Waals surface area contributed by atoms with Gasteiger partial charge in [0.1, 0.15) is 89.5 Å². The molecule has 0 unspecified atom stereocenters. The minimum atomic E-state index is -2.34. The fourth-order valence-corrected chi connectivity index (χ4v) is 12.3. The highest BCUT2D eigenvalue weighted by molar-refractivity contribution is 6.32. The van der Waals surface area contributed by atoms with E-state index in [1.54, 1.807) is 0 Å². The fourth-order valence-electron chi connectivity index (χ4n) is 11.8. The third kappa shape index (κ3) is 14.7. The summed E-state index contributed by atoms with van der Waals surface area (Å²) in [6.07, 6.45) is -18.7. The lowest BCUT2D eigenvalue weighted by Crippen LogP contribution is -2.64. The van der Waals surface area contributed by atoms with Gasteiger partial charge in [-0.15, -0.1) is 0 Å². The number of hydrogen-bond donors (Lipinski definition) is 19. The number of aromatic hydroxyl groups is 3. The molecule has 2 saturated heterocycles. The summed E-state index contributed by atoms with van der Waals surface area (Å²) >= 11 is 14.0. The summed E-state index contributed by atoms with van der Waals surface area (Å²) in [7, 11) is 1.40. The van der Waals surface area contributed by atoms with Crippen LogP contribution in [0.1, 0.15) is 84.8 Å². The number of aliphatic carboxylic acids is 1. The Morgan fingerprint density at radius 1 is 0.701 bits per heavy atom. The normalized spacial score (nSPS) is 29.8. The summed E-state index contributed by atoms with van der Waals surface area (Å²) in [5.74, 6) is -16.0. The van der Waals surface area contributed by atoms with E-state index in [4.69, 9.17) is 63.1 Å². The number of carboxylic acids is 1. The van der Waals surface area contributed by atoms with Gasteiger partial charge in [-0.25, -0.2) is 4.79 Å². The minimum Gasteiger partial charge on any atom is -0.508 e. The van der Waals surface area contributed by atoms with Crippen molar-refractivity contribution < 1.29 is 118 Å². The summed E-state index contributed by atoms with van der Waals surface area (Å²) in [5, 5.41) is 129. The smallest absolute Gasteiger partial charge is 0.330 e. The number of nitrogens with one attached hydrogen (secondary N) is 7. The zero-order valence-corrected chi connectivity index (χ0v) is 52.7. The van der Waals surface area contributed by atoms with Crippen LogP contribution in [0.25, 0.3) is 11.1 Å². The molecule has 17 atom stereocenters. The lowest BCUT2D eigenvalue weighted by Gasteiger charge is -2.47. The van der Waals surface area contributed by atoms with Gasteiger partial charge in [-0.3, -0.25) is 33.6 Å². The number of phenolic OH excluding ortho intramolecular Hbond substituents is 3. The lowest BCUT2D eigenvalue weighted by atomic mass is 9.86. The fraction of sp³-hybridized carbons (Fsp3) is 0.387. The molecule has 33 nitrogen and oxygen atoms in total. The van der Waals surface area contributed by atoms with Crippen molar-refractivity contribution in [3.63, 3.8) is 0 Å². The molecule has 0 spiro atoms. The highest BCUT2D eigenvalue weighted by Gasteiger charge is 2.51. The van der Waals surface area contributed by atoms with Crippen molar-refractivity contribution >= 4 is 70.5 Å². The zero-order valence-electron chi connectivity index (χ0n) is 51.2. The molecule has 2 fully saturated rings. The van der Waals surface area contributed by atoms with Crippen LogP contribution in [-0.2, 0) is 52.6 Å². The van der Waals surface area contributed by atoms with E-state index < -0.39 is 238 Å². The van der Waals surface area contributed by atoms with E-state index in [2.05, 4.69) is 37.2 Å². The van der Waals surface area contributed by atoms with Gasteiger partial charge in [-0.05, 0) is 97.7 Å². The number of phenols is 3. The number of primary amides is 1. The predicted octanol–water partition coefficient (Wildman–Crippen LogP) is -1.31. The van der Waals surface area contributed by atoms with Gasteiger partial charge in [0.2, 0.25) is 53.4 Å². The number of aliphatic hydroxyl groups is 6. The van der Waals surface area contributed by atoms with E-state index in [1.807, 2.05) is 0 Å². The standard InChI is InChI=1S/C62H67Cl2N9O24/c1-21-54(84)62(2,66)18-41(92-21)96-53-51(83)50(82)38(20-74)95-61(53)97-52-36-13-25-14-37(52)94-35-9-6-24(12-30(35)64)49(81)47-59(89)72-45(60(90)91)28-15-26(75)16-33(77)42(28)27-10-22(4-7-32(27)76)43(56(86)73-47)71-57(87)44(25)70-55(85)31(17-39(65)78)68-58(88)46(69-40(79)19-67-3)48(80)23-5-8-34(93-36)29(63)11-23/h4-16,21,31,38,41,43-51,53-54,61,67,74-77,80-84H,17-20,66H2,1-3H3,(H2,65,78)(H,68,88)(H,69,79)(H,70,85)(H,71,87)(H,72,89)(H,73,86)(H,90,91)/t21-,31-,38+,41-,43+,44+,45-,46+,47-,48+,49+,50+,51-,53+,54+,61-,62-/m0/s1. The maximum absolute atomic E-state index is 15.9. The summed E-state index contributed by atoms with van der Waals surface area (Å²) in [6.45, 7) is 1.60. The Balaban J connectivity index is 1.24. The molecule has 0 aromatic heterocycles. The second-order valence-corrected chi connectivity index (χ2v) is 24.6. The van der Waals surface area contributed by atoms with Crippen molar-refractivity contribution in [1.82, 2.24) is 37.2 Å². The Labute approximate surface area is 558 Å². The van der Waals surface area contributed by atoms with E-state index in [1.165, 1.54) is 33.0 Å². The number of hydrogen-bond acceptors (Lipinski definition) is 25. The first-order valence-electron chi connectivity index (χ1n) is 29.8. The summed E-state index contributed by atoms with van der Waals surface area (Å²) in [6, 6.07) is 0.255. The monoisotopic (exact) mass is 1390 g/mol. The molecule has 7 heterocycles. The van der Waals surface area contributed by atoms with Crippen LogP contribution in [0.3, 0.4) is 0 Å². The minimum absolute atomic E-state index is 0.167. The van der Waals surface area contributed by atoms with Gasteiger partial charge in [0.25, 0.3) is 0 Å². The van der Waals surface area contributed by atoms with Gasteiger partial charge >= 0.3 is 5.97 Å². The van der Waals surface area contributed by atoms with E-state index >= 15 is 14.4 Å². The van der Waals surface area contributed by atoms with E-state index in [0.717, 1.165) is 66.7 Å². The first kappa shape index (κ1) is 70.6. The summed E-state index contributed by atoms with van der Waals surface area (Å²) in [4.78, 5) is 115. The second-order valence-electron chi connectivity index (χ2n) is 23.8. The number of halogens is 2. The highest BCUT2D eigenvalue weighted by atomic mass is 35.5. The van der Waals surface area contributed by atoms with Crippen molar-refractivity contribution in [2.24, 2.45) is 11.5 Å². The topological polar surface area (TPSA) is 530 Å². The molecule has 5 aromatic carbocycles. The van der Waals surface area contributed by atoms with Crippen LogP contribution in [0.15, 0.2) is 78.9 Å². The van der Waals surface area contributed by atoms with Crippen molar-refractivity contribution in [2.45, 2.75) is 130 Å². The van der Waals surface area contributed by atoms with Crippen molar-refractivity contribution in [1.29, 1.82) is 0 Å². The van der Waals surface area contributed by atoms with Gasteiger partial charge in [-0.2, -0.15) is 0 Å². The second kappa shape index (κ2) is 28.5. The number of benzene rings is 5. The van der Waals surface area contributed by atoms with Crippen LogP contribution < -0.4 is 62.9 Å². The zero-order chi connectivity index (χ0) is 70.4. The molecule has 7 aliphatic heterocycles. The molecule has 7 aliphatic rings. The molecular weight excluding hydrogens is 1330 g/mol. The number of rotatable bonds is 11. The number of likely N-dealkylation sites (N-methyl/N-ethyl adjacent to an activating group) is 1. The molecular formula is C62H67Cl2N9O24. The molecule has 0 saturated carbocycles. The molecule has 97 heavy (non-hydrogen) atoms. The third-order valence-corrected chi connectivity index (χ3v) is 17.3. The molecule has 518 valence electrons. The molecule has 0 aliphatic carbocycles. The summed E-state index contributed by atoms with van der Waals surface area (Å²) in [5.41, 5.74) is 7.92. The Morgan fingerprint density at radius 2 is 1.31 bits per heavy atom. The number of aliphatic hydroxyl groups excluding tert-OH is 6. The summed E-state index contributed by atoms with van der Waals surface area (Å²) < 4.78 is 38.1. The molecule has 0 radical (unpaired) electrons. The van der Waals surface area contributed by atoms with Crippen molar-refractivity contribution in [3.8, 4) is 57.1 Å². The number of carbonyl (C=O) groups is 8. The average molecular weight is 1390 g/mol. The first-order chi connectivity index (χ1) is 45.9. The van der Waals surface area contributed by atoms with Crippen molar-refractivity contribution in [2.75, 3.05) is 20.2 Å². The number of fused-ring (bicyclic) bond motifs is 15. The Kier molecular flexibility index (Phi) is 20.7. The van der Waals surface area contributed by atoms with Gasteiger partial charge in [0, 0.05) is 34.7 Å². The molecule has 7 amide bonds. The number of carbonyl (C=O) groups excluding carboxylic acids is 7. The van der Waals surface area contributed by atoms with Crippen LogP contribution in [0, 0.1) is 0 Å². The lowest BCUT2D eigenvalue weighted by molar-refractivity contribution is -0.333. The Bertz CT molecular complexity index is 3960. The van der Waals surface area contributed by atoms with E-state index in [-0.39, 0.29) is 33.9 Å². The molecule has 5 aromatic rings. The van der Waals surface area contributed by atoms with Crippen LogP contribution >= 0.6 is 23.2 Å². The Hall–Kier alpha value is -9.20. The predicted molar refractivity (Wildman–Crippen MR) is 331 cm³/mol. The van der Waals surface area contributed by atoms with Crippen LogP contribution in [0.5, 0.6) is 46.0 Å². The molecule has 11 bridgehead atoms. The maximum atomic E-state index is 15.9. The highest BCUT2D eigenvalue weighted by Crippen LogP contribution is 2.50. The van der Waals surface area contributed by atoms with Gasteiger partial charge in [0.05, 0.1) is 41.8 Å². The first-order valence-corrected chi connectivity index (χ1v) is 30.5. The number of amides is 7. The van der Waals surface area contributed by atoms with Crippen LogP contribution in [-0.4, -0.2) is 191 Å². The number of carboxylic acid groups (broad SMARTS) is 1. The quantitative estimate of drug-likeness (QED) is 0.0730. The number of nitrogens with two attached hydrogens (primary N) is 2. The molecule has 21 N–H and O–H groups in total. The maximum Gasteiger partial charge on any atom is 0.330 e. The molecule has 12 rings (SSSR count). The number of ether oxygens (including phenoxy) is 6. The van der Waals surface area contributed by atoms with Crippen LogP contribution in [0.4, 0.5) is 0 Å². The van der Waals surface area contributed by atoms with Gasteiger partial charge in [-0.1, -0.05) is 41.4 Å². The van der Waals surface area contributed by atoms with E-state index in [0.29, 0.717) is 0 Å². The largest absolute Gasteiger partial charge is 0.508 e. The van der Waals surface area contributed by atoms with E-state index in [9.17, 15) is 75.0 Å². The third-order valence-electron chi connectivity index (χ3n) is 16.8. The molecule has 35 heteroatoms. The van der Waals surface area contributed by atoms with Gasteiger partial charge < -0.3 is 128 Å². The van der Waals surface area contributed by atoms with Gasteiger partial charge in [0.15, 0.2) is 29.9 Å². The van der Waals surface area contributed by atoms with Crippen molar-refractivity contribution in [3.05, 3.63) is 117 Å². The average Bonchev–Trinajstić information content (AvgIpc) is 0.771. The Morgan fingerprint density at radius 3 is 1.91 bits per heavy atom. The SMILES string of the molecule is CNCC(=O)N[C@H]1C(=O)N[C@@H](CC(N)=O)C(=O)N[C@H]2C(=O)N[C@H]3C(=O)N[C@H](C(=O)N[C@H](C(=O)O)c4cc(O)cc(O)c4-c4cc3ccc4O)[C@H](O)c3ccc(c(Cl)c3)Oc3cc2cc(c3O[C@@H]2O[C@H](CO)[C@@H](O)[C@H](O)[C@H]2O[C@H]2C[C@](C)(N)[C@H](O)[C@H](C)O2)Oc2ccc(cc2Cl)[C@H]1O.